The van der Waals surface area contributed by atoms with Crippen molar-refractivity contribution >= 4 is 40.8 Å². The second-order valence-corrected chi connectivity index (χ2v) is 10.1. The maximum Gasteiger partial charge on any atom is 0.247 e. The van der Waals surface area contributed by atoms with Gasteiger partial charge in [-0.25, -0.2) is 0 Å². The van der Waals surface area contributed by atoms with Crippen molar-refractivity contribution in [3.63, 3.8) is 0 Å². The zero-order valence-electron chi connectivity index (χ0n) is 21.9. The molecule has 4 amide bonds. The van der Waals surface area contributed by atoms with Crippen LogP contribution in [-0.2, 0) is 38.6 Å². The summed E-state index contributed by atoms with van der Waals surface area (Å²) < 4.78 is 3.79. The molecule has 0 spiro atoms. The first-order chi connectivity index (χ1) is 18.9. The summed E-state index contributed by atoms with van der Waals surface area (Å²) in [7, 11) is 0. The van der Waals surface area contributed by atoms with Crippen molar-refractivity contribution < 1.29 is 19.2 Å². The molecule has 204 valence electrons. The highest BCUT2D eigenvalue weighted by Gasteiger charge is 2.38. The van der Waals surface area contributed by atoms with Crippen LogP contribution in [0, 0.1) is 5.92 Å². The molecule has 3 aromatic rings. The molecule has 2 aromatic carbocycles. The van der Waals surface area contributed by atoms with Crippen LogP contribution in [0.25, 0.3) is 0 Å². The van der Waals surface area contributed by atoms with Crippen LogP contribution in [0.1, 0.15) is 37.1 Å². The van der Waals surface area contributed by atoms with Gasteiger partial charge < -0.3 is 16.0 Å². The molecular weight excluding hydrogens is 516 g/mol. The third-order valence-electron chi connectivity index (χ3n) is 6.83. The van der Waals surface area contributed by atoms with Gasteiger partial charge in [0.25, 0.3) is 0 Å². The van der Waals surface area contributed by atoms with Crippen molar-refractivity contribution in [3.05, 3.63) is 76.8 Å². The van der Waals surface area contributed by atoms with Crippen molar-refractivity contribution in [1.29, 1.82) is 0 Å². The van der Waals surface area contributed by atoms with E-state index in [9.17, 15) is 19.2 Å². The lowest BCUT2D eigenvalue weighted by Gasteiger charge is -2.27. The molecular formula is C28H32N6O4S. The van der Waals surface area contributed by atoms with E-state index in [2.05, 4.69) is 25.5 Å². The molecule has 39 heavy (non-hydrogen) atoms. The van der Waals surface area contributed by atoms with Gasteiger partial charge in [-0.3, -0.25) is 24.1 Å². The zero-order chi connectivity index (χ0) is 27.8. The number of hydrogen-bond acceptors (Lipinski definition) is 7. The molecule has 11 heteroatoms. The minimum atomic E-state index is -0.796. The van der Waals surface area contributed by atoms with Crippen LogP contribution in [0.15, 0.2) is 60.0 Å². The fourth-order valence-corrected chi connectivity index (χ4v) is 4.98. The highest BCUT2D eigenvalue weighted by molar-refractivity contribution is 7.03. The Morgan fingerprint density at radius 3 is 2.51 bits per heavy atom. The molecule has 0 radical (unpaired) electrons. The number of carbonyl (C=O) groups excluding carboxylic acids is 4. The average Bonchev–Trinajstić information content (AvgIpc) is 3.61. The number of hydrogen-bond donors (Lipinski definition) is 3. The van der Waals surface area contributed by atoms with Crippen LogP contribution >= 0.6 is 11.5 Å². The summed E-state index contributed by atoms with van der Waals surface area (Å²) in [6.07, 6.45) is 1.17. The minimum absolute atomic E-state index is 0.147. The van der Waals surface area contributed by atoms with E-state index in [1.165, 1.54) is 16.4 Å². The Morgan fingerprint density at radius 1 is 1.05 bits per heavy atom. The number of amides is 4. The summed E-state index contributed by atoms with van der Waals surface area (Å²) >= 11 is 1.19. The summed E-state index contributed by atoms with van der Waals surface area (Å²) in [5.74, 6) is -1.59. The number of fused-ring (bicyclic) bond motifs is 1. The topological polar surface area (TPSA) is 133 Å². The fraction of sp³-hybridized carbons (Fsp3) is 0.357. The maximum atomic E-state index is 13.4. The molecule has 0 aliphatic carbocycles. The van der Waals surface area contributed by atoms with Crippen LogP contribution < -0.4 is 20.9 Å². The molecule has 3 N–H and O–H groups in total. The largest absolute Gasteiger partial charge is 0.349 e. The van der Waals surface area contributed by atoms with E-state index < -0.39 is 23.9 Å². The van der Waals surface area contributed by atoms with Crippen LogP contribution in [0.2, 0.25) is 0 Å². The van der Waals surface area contributed by atoms with Crippen LogP contribution in [0.3, 0.4) is 0 Å². The molecule has 0 unspecified atom stereocenters. The van der Waals surface area contributed by atoms with Gasteiger partial charge in [-0.2, -0.15) is 0 Å². The first-order valence-corrected chi connectivity index (χ1v) is 13.8. The third kappa shape index (κ3) is 7.05. The standard InChI is InChI=1S/C28H32N6O4S/c1-3-18(2)26(31-24(35)13-19-9-5-4-6-10-19)28(38)30-16-25(36)34-22-12-8-7-11-20(22)14-23(34)27(37)29-15-21-17-39-33-32-21/h4-12,17-18,23,26H,3,13-16H2,1-2H3,(H,29,37)(H,30,38)(H,31,35)/t18-,23-,26-/m0/s1. The quantitative estimate of drug-likeness (QED) is 0.336. The Morgan fingerprint density at radius 2 is 1.79 bits per heavy atom. The third-order valence-corrected chi connectivity index (χ3v) is 7.38. The molecule has 2 heterocycles. The highest BCUT2D eigenvalue weighted by Crippen LogP contribution is 2.32. The number of nitrogens with one attached hydrogen (secondary N) is 3. The number of nitrogens with zero attached hydrogens (tertiary/aromatic N) is 3. The Bertz CT molecular complexity index is 1300. The van der Waals surface area contributed by atoms with Crippen molar-refractivity contribution in [2.24, 2.45) is 5.92 Å². The van der Waals surface area contributed by atoms with Crippen molar-refractivity contribution in [2.45, 2.75) is 51.7 Å². The first-order valence-electron chi connectivity index (χ1n) is 12.9. The number of para-hydroxylation sites is 1. The van der Waals surface area contributed by atoms with Gasteiger partial charge in [0.2, 0.25) is 23.6 Å². The molecule has 3 atom stereocenters. The Hall–Kier alpha value is -4.12. The van der Waals surface area contributed by atoms with Gasteiger partial charge in [-0.15, -0.1) is 5.10 Å². The van der Waals surface area contributed by atoms with Crippen LogP contribution in [0.5, 0.6) is 0 Å². The number of aromatic nitrogens is 2. The Kier molecular flexibility index (Phi) is 9.37. The molecule has 1 aliphatic heterocycles. The summed E-state index contributed by atoms with van der Waals surface area (Å²) in [5, 5.41) is 14.0. The fourth-order valence-electron chi connectivity index (χ4n) is 4.53. The summed E-state index contributed by atoms with van der Waals surface area (Å²) in [5.41, 5.74) is 3.00. The van der Waals surface area contributed by atoms with Gasteiger partial charge in [0.15, 0.2) is 0 Å². The summed E-state index contributed by atoms with van der Waals surface area (Å²) in [6.45, 7) is 3.71. The van der Waals surface area contributed by atoms with Crippen molar-refractivity contribution in [1.82, 2.24) is 25.5 Å². The zero-order valence-corrected chi connectivity index (χ0v) is 22.7. The number of rotatable bonds is 11. The van der Waals surface area contributed by atoms with E-state index >= 15 is 0 Å². The molecule has 10 nitrogen and oxygen atoms in total. The molecule has 1 aliphatic rings. The van der Waals surface area contributed by atoms with E-state index in [1.54, 1.807) is 17.5 Å². The Balaban J connectivity index is 1.41. The maximum absolute atomic E-state index is 13.4. The molecule has 1 aromatic heterocycles. The molecule has 0 fully saturated rings. The lowest BCUT2D eigenvalue weighted by molar-refractivity contribution is -0.131. The minimum Gasteiger partial charge on any atom is -0.349 e. The van der Waals surface area contributed by atoms with E-state index in [0.717, 1.165) is 11.1 Å². The van der Waals surface area contributed by atoms with Gasteiger partial charge in [0.1, 0.15) is 12.1 Å². The molecule has 0 saturated carbocycles. The SMILES string of the molecule is CC[C@H](C)[C@H](NC(=O)Cc1ccccc1)C(=O)NCC(=O)N1c2ccccc2C[C@H]1C(=O)NCc1csnn1. The summed E-state index contributed by atoms with van der Waals surface area (Å²) in [4.78, 5) is 53.8. The molecule has 0 bridgehead atoms. The summed E-state index contributed by atoms with van der Waals surface area (Å²) in [6, 6.07) is 15.1. The number of anilines is 1. The number of carbonyl (C=O) groups is 4. The van der Waals surface area contributed by atoms with E-state index in [1.807, 2.05) is 56.3 Å². The first kappa shape index (κ1) is 27.9. The second-order valence-electron chi connectivity index (χ2n) is 9.54. The van der Waals surface area contributed by atoms with E-state index in [-0.39, 0.29) is 37.2 Å². The van der Waals surface area contributed by atoms with E-state index in [4.69, 9.17) is 0 Å². The molecule has 0 saturated heterocycles. The smallest absolute Gasteiger partial charge is 0.247 e. The second kappa shape index (κ2) is 13.1. The van der Waals surface area contributed by atoms with Crippen molar-refractivity contribution in [3.8, 4) is 0 Å². The van der Waals surface area contributed by atoms with E-state index in [0.29, 0.717) is 24.2 Å². The Labute approximate surface area is 231 Å². The monoisotopic (exact) mass is 548 g/mol. The van der Waals surface area contributed by atoms with Crippen LogP contribution in [-0.4, -0.2) is 51.8 Å². The molecule has 4 rings (SSSR count). The van der Waals surface area contributed by atoms with Gasteiger partial charge in [-0.1, -0.05) is 73.3 Å². The van der Waals surface area contributed by atoms with Gasteiger partial charge >= 0.3 is 0 Å². The van der Waals surface area contributed by atoms with Crippen LogP contribution in [0.4, 0.5) is 5.69 Å². The lowest BCUT2D eigenvalue weighted by Crippen LogP contribution is -2.54. The normalized spacial score (nSPS) is 15.6. The predicted octanol–water partition coefficient (Wildman–Crippen LogP) is 2.00. The lowest BCUT2D eigenvalue weighted by atomic mass is 9.98. The average molecular weight is 549 g/mol. The van der Waals surface area contributed by atoms with Gasteiger partial charge in [0, 0.05) is 17.5 Å². The van der Waals surface area contributed by atoms with Gasteiger partial charge in [0.05, 0.1) is 25.2 Å². The van der Waals surface area contributed by atoms with Crippen molar-refractivity contribution in [2.75, 3.05) is 11.4 Å². The predicted molar refractivity (Wildman–Crippen MR) is 148 cm³/mol. The number of benzene rings is 2. The highest BCUT2D eigenvalue weighted by atomic mass is 32.1. The van der Waals surface area contributed by atoms with Gasteiger partial charge in [-0.05, 0) is 34.6 Å².